The third kappa shape index (κ3) is 3.36. The first kappa shape index (κ1) is 15.9. The van der Waals surface area contributed by atoms with E-state index in [1.807, 2.05) is 24.3 Å². The zero-order chi connectivity index (χ0) is 17.1. The third-order valence-electron chi connectivity index (χ3n) is 4.07. The second kappa shape index (κ2) is 6.67. The molecule has 2 amide bonds. The molecule has 7 nitrogen and oxygen atoms in total. The number of hydrogen-bond acceptors (Lipinski definition) is 4. The number of hydrogen-bond donors (Lipinski definition) is 3. The zero-order valence-corrected chi connectivity index (χ0v) is 12.8. The van der Waals surface area contributed by atoms with Gasteiger partial charge in [-0.25, -0.2) is 4.79 Å². The monoisotopic (exact) mass is 327 g/mol. The van der Waals surface area contributed by atoms with E-state index >= 15 is 0 Å². The van der Waals surface area contributed by atoms with Gasteiger partial charge in [0.15, 0.2) is 0 Å². The quantitative estimate of drug-likeness (QED) is 0.590. The van der Waals surface area contributed by atoms with Crippen LogP contribution in [-0.4, -0.2) is 22.2 Å². The maximum Gasteiger partial charge on any atom is 0.315 e. The van der Waals surface area contributed by atoms with Gasteiger partial charge in [0, 0.05) is 25.1 Å². The Morgan fingerprint density at radius 2 is 2.04 bits per heavy atom. The Bertz CT molecular complexity index is 778. The van der Waals surface area contributed by atoms with Gasteiger partial charge in [-0.1, -0.05) is 36.4 Å². The number of urea groups is 1. The smallest absolute Gasteiger partial charge is 0.315 e. The lowest BCUT2D eigenvalue weighted by molar-refractivity contribution is -0.384. The molecule has 0 saturated heterocycles. The second-order valence-electron chi connectivity index (χ2n) is 5.70. The lowest BCUT2D eigenvalue weighted by atomic mass is 10.1. The topological polar surface area (TPSA) is 104 Å². The standard InChI is InChI=1S/C17H17N3O4/c21-15-9-12-5-1-2-7-14(12)16(15)19-17(22)18-10-11-4-3-6-13(8-11)20(23)24/h1-8,15-16,21H,9-10H2,(H2,18,19,22)/t15-,16+/m0/s1. The highest BCUT2D eigenvalue weighted by Gasteiger charge is 2.31. The van der Waals surface area contributed by atoms with Gasteiger partial charge in [-0.2, -0.15) is 0 Å². The van der Waals surface area contributed by atoms with Crippen molar-refractivity contribution in [2.24, 2.45) is 0 Å². The van der Waals surface area contributed by atoms with E-state index in [4.69, 9.17) is 0 Å². The van der Waals surface area contributed by atoms with Crippen LogP contribution >= 0.6 is 0 Å². The Labute approximate surface area is 138 Å². The number of non-ortho nitro benzene ring substituents is 1. The predicted octanol–water partition coefficient (Wildman–Crippen LogP) is 2.05. The van der Waals surface area contributed by atoms with E-state index in [2.05, 4.69) is 10.6 Å². The van der Waals surface area contributed by atoms with E-state index in [1.165, 1.54) is 12.1 Å². The summed E-state index contributed by atoms with van der Waals surface area (Å²) in [6.45, 7) is 0.165. The summed E-state index contributed by atoms with van der Waals surface area (Å²) in [7, 11) is 0. The normalized spacial score (nSPS) is 18.7. The number of nitrogens with one attached hydrogen (secondary N) is 2. The average Bonchev–Trinajstić information content (AvgIpc) is 2.89. The van der Waals surface area contributed by atoms with Crippen LogP contribution in [0.15, 0.2) is 48.5 Å². The molecular formula is C17H17N3O4. The molecule has 1 aliphatic rings. The van der Waals surface area contributed by atoms with Gasteiger partial charge in [0.25, 0.3) is 5.69 Å². The summed E-state index contributed by atoms with van der Waals surface area (Å²) in [6.07, 6.45) is -0.155. The maximum atomic E-state index is 12.1. The largest absolute Gasteiger partial charge is 0.390 e. The van der Waals surface area contributed by atoms with Gasteiger partial charge in [-0.05, 0) is 16.7 Å². The van der Waals surface area contributed by atoms with Gasteiger partial charge in [0.1, 0.15) is 0 Å². The minimum absolute atomic E-state index is 0.0187. The van der Waals surface area contributed by atoms with Gasteiger partial charge < -0.3 is 15.7 Å². The van der Waals surface area contributed by atoms with Gasteiger partial charge >= 0.3 is 6.03 Å². The van der Waals surface area contributed by atoms with Crippen LogP contribution in [0, 0.1) is 10.1 Å². The molecule has 3 rings (SSSR count). The summed E-state index contributed by atoms with van der Waals surface area (Å²) in [4.78, 5) is 22.4. The molecule has 0 unspecified atom stereocenters. The van der Waals surface area contributed by atoms with Gasteiger partial charge in [-0.15, -0.1) is 0 Å². The molecule has 0 saturated carbocycles. The number of nitro benzene ring substituents is 1. The van der Waals surface area contributed by atoms with E-state index in [0.29, 0.717) is 12.0 Å². The Morgan fingerprint density at radius 1 is 1.25 bits per heavy atom. The summed E-state index contributed by atoms with van der Waals surface area (Å²) in [5.74, 6) is 0. The Kier molecular flexibility index (Phi) is 4.43. The molecule has 0 aliphatic heterocycles. The SMILES string of the molecule is O=C(NCc1cccc([N+](=O)[O-])c1)N[C@@H]1c2ccccc2C[C@@H]1O. The van der Waals surface area contributed by atoms with Crippen molar-refractivity contribution in [3.05, 3.63) is 75.3 Å². The van der Waals surface area contributed by atoms with Crippen LogP contribution in [0.1, 0.15) is 22.7 Å². The molecule has 0 fully saturated rings. The number of carbonyl (C=O) groups is 1. The molecule has 1 aliphatic carbocycles. The van der Waals surface area contributed by atoms with Crippen LogP contribution in [0.4, 0.5) is 10.5 Å². The first-order valence-electron chi connectivity index (χ1n) is 7.58. The van der Waals surface area contributed by atoms with Crippen LogP contribution in [0.2, 0.25) is 0 Å². The Balaban J connectivity index is 1.60. The first-order valence-corrected chi connectivity index (χ1v) is 7.58. The molecule has 24 heavy (non-hydrogen) atoms. The summed E-state index contributed by atoms with van der Waals surface area (Å²) in [5.41, 5.74) is 2.55. The first-order chi connectivity index (χ1) is 11.5. The van der Waals surface area contributed by atoms with E-state index < -0.39 is 23.1 Å². The van der Waals surface area contributed by atoms with Crippen LogP contribution in [0.3, 0.4) is 0 Å². The number of nitro groups is 1. The van der Waals surface area contributed by atoms with E-state index in [-0.39, 0.29) is 12.2 Å². The number of aliphatic hydroxyl groups excluding tert-OH is 1. The molecule has 2 aromatic carbocycles. The van der Waals surface area contributed by atoms with Gasteiger partial charge in [0.2, 0.25) is 0 Å². The number of amides is 2. The number of benzene rings is 2. The van der Waals surface area contributed by atoms with Crippen molar-refractivity contribution in [1.29, 1.82) is 0 Å². The molecule has 7 heteroatoms. The fourth-order valence-electron chi connectivity index (χ4n) is 2.90. The van der Waals surface area contributed by atoms with Crippen molar-refractivity contribution in [2.75, 3.05) is 0 Å². The minimum atomic E-state index is -0.661. The molecule has 2 aromatic rings. The van der Waals surface area contributed by atoms with Crippen molar-refractivity contribution >= 4 is 11.7 Å². The number of rotatable bonds is 4. The highest BCUT2D eigenvalue weighted by molar-refractivity contribution is 5.74. The lowest BCUT2D eigenvalue weighted by Gasteiger charge is -2.18. The number of fused-ring (bicyclic) bond motifs is 1. The van der Waals surface area contributed by atoms with Crippen LogP contribution in [0.25, 0.3) is 0 Å². The summed E-state index contributed by atoms with van der Waals surface area (Å²) in [6, 6.07) is 12.8. The van der Waals surface area contributed by atoms with Crippen LogP contribution in [0.5, 0.6) is 0 Å². The average molecular weight is 327 g/mol. The van der Waals surface area contributed by atoms with E-state index in [1.54, 1.807) is 12.1 Å². The molecule has 0 radical (unpaired) electrons. The van der Waals surface area contributed by atoms with Crippen molar-refractivity contribution in [2.45, 2.75) is 25.1 Å². The molecule has 0 aromatic heterocycles. The van der Waals surface area contributed by atoms with Gasteiger partial charge in [-0.3, -0.25) is 10.1 Å². The van der Waals surface area contributed by atoms with Crippen LogP contribution < -0.4 is 10.6 Å². The molecule has 124 valence electrons. The fraction of sp³-hybridized carbons (Fsp3) is 0.235. The Morgan fingerprint density at radius 3 is 2.83 bits per heavy atom. The van der Waals surface area contributed by atoms with E-state index in [0.717, 1.165) is 11.1 Å². The van der Waals surface area contributed by atoms with Crippen molar-refractivity contribution in [3.8, 4) is 0 Å². The highest BCUT2D eigenvalue weighted by Crippen LogP contribution is 2.31. The van der Waals surface area contributed by atoms with Crippen molar-refractivity contribution in [3.63, 3.8) is 0 Å². The zero-order valence-electron chi connectivity index (χ0n) is 12.8. The van der Waals surface area contributed by atoms with E-state index in [9.17, 15) is 20.0 Å². The minimum Gasteiger partial charge on any atom is -0.390 e. The summed E-state index contributed by atoms with van der Waals surface area (Å²) >= 11 is 0. The predicted molar refractivity (Wildman–Crippen MR) is 87.4 cm³/mol. The number of aliphatic hydroxyl groups is 1. The summed E-state index contributed by atoms with van der Waals surface area (Å²) < 4.78 is 0. The molecule has 0 heterocycles. The molecular weight excluding hydrogens is 310 g/mol. The molecule has 3 N–H and O–H groups in total. The van der Waals surface area contributed by atoms with Crippen LogP contribution in [-0.2, 0) is 13.0 Å². The van der Waals surface area contributed by atoms with Crippen molar-refractivity contribution in [1.82, 2.24) is 10.6 Å². The molecule has 2 atom stereocenters. The highest BCUT2D eigenvalue weighted by atomic mass is 16.6. The number of carbonyl (C=O) groups excluding carboxylic acids is 1. The maximum absolute atomic E-state index is 12.1. The summed E-state index contributed by atoms with van der Waals surface area (Å²) in [5, 5.41) is 26.3. The van der Waals surface area contributed by atoms with Gasteiger partial charge in [0.05, 0.1) is 17.1 Å². The van der Waals surface area contributed by atoms with Crippen molar-refractivity contribution < 1.29 is 14.8 Å². The number of nitrogens with zero attached hydrogens (tertiary/aromatic N) is 1. The lowest BCUT2D eigenvalue weighted by Crippen LogP contribution is -2.40. The fourth-order valence-corrected chi connectivity index (χ4v) is 2.90. The second-order valence-corrected chi connectivity index (χ2v) is 5.70. The third-order valence-corrected chi connectivity index (χ3v) is 4.07. The Hall–Kier alpha value is -2.93. The molecule has 0 spiro atoms. The molecule has 0 bridgehead atoms.